The van der Waals surface area contributed by atoms with E-state index in [4.69, 9.17) is 19.3 Å². The molecular formula is C14H18O5. The standard InChI is InChI=1S/C14H18O5/c1-4-19-14(16)6-5-11-12(17-2)7-10(9-15)8-13(11)18-3/h5-8,15H,4,9H2,1-3H3. The third-order valence-corrected chi connectivity index (χ3v) is 2.46. The molecule has 1 rings (SSSR count). The topological polar surface area (TPSA) is 65.0 Å². The van der Waals surface area contributed by atoms with Crippen molar-refractivity contribution in [2.75, 3.05) is 20.8 Å². The summed E-state index contributed by atoms with van der Waals surface area (Å²) in [5, 5.41) is 9.15. The molecule has 0 spiro atoms. The largest absolute Gasteiger partial charge is 0.496 e. The smallest absolute Gasteiger partial charge is 0.330 e. The number of hydrogen-bond donors (Lipinski definition) is 1. The van der Waals surface area contributed by atoms with E-state index in [2.05, 4.69) is 0 Å². The van der Waals surface area contributed by atoms with Crippen molar-refractivity contribution in [1.29, 1.82) is 0 Å². The number of aliphatic hydroxyl groups is 1. The molecule has 0 amide bonds. The lowest BCUT2D eigenvalue weighted by Gasteiger charge is -2.12. The van der Waals surface area contributed by atoms with E-state index in [1.54, 1.807) is 25.1 Å². The lowest BCUT2D eigenvalue weighted by molar-refractivity contribution is -0.137. The van der Waals surface area contributed by atoms with Crippen LogP contribution in [0.4, 0.5) is 0 Å². The zero-order chi connectivity index (χ0) is 14.3. The molecule has 0 radical (unpaired) electrons. The molecule has 0 aliphatic heterocycles. The zero-order valence-electron chi connectivity index (χ0n) is 11.3. The minimum absolute atomic E-state index is 0.116. The Labute approximate surface area is 112 Å². The molecule has 1 aromatic rings. The molecule has 1 aromatic carbocycles. The van der Waals surface area contributed by atoms with Crippen LogP contribution in [0.5, 0.6) is 11.5 Å². The van der Waals surface area contributed by atoms with Crippen molar-refractivity contribution >= 4 is 12.0 Å². The van der Waals surface area contributed by atoms with E-state index < -0.39 is 5.97 Å². The first-order chi connectivity index (χ1) is 9.15. The summed E-state index contributed by atoms with van der Waals surface area (Å²) in [6.07, 6.45) is 2.87. The van der Waals surface area contributed by atoms with Crippen molar-refractivity contribution in [3.8, 4) is 11.5 Å². The first-order valence-electron chi connectivity index (χ1n) is 5.86. The number of aliphatic hydroxyl groups excluding tert-OH is 1. The van der Waals surface area contributed by atoms with Gasteiger partial charge in [0.05, 0.1) is 33.0 Å². The van der Waals surface area contributed by atoms with Gasteiger partial charge in [0.15, 0.2) is 0 Å². The molecule has 0 bridgehead atoms. The van der Waals surface area contributed by atoms with E-state index in [1.807, 2.05) is 0 Å². The molecule has 0 aromatic heterocycles. The van der Waals surface area contributed by atoms with Gasteiger partial charge >= 0.3 is 5.97 Å². The van der Waals surface area contributed by atoms with Crippen LogP contribution in [0.25, 0.3) is 6.08 Å². The summed E-state index contributed by atoms with van der Waals surface area (Å²) in [5.41, 5.74) is 1.29. The quantitative estimate of drug-likeness (QED) is 0.628. The third-order valence-electron chi connectivity index (χ3n) is 2.46. The van der Waals surface area contributed by atoms with Gasteiger partial charge in [-0.15, -0.1) is 0 Å². The first-order valence-corrected chi connectivity index (χ1v) is 5.86. The number of carbonyl (C=O) groups excluding carboxylic acids is 1. The van der Waals surface area contributed by atoms with Gasteiger partial charge in [-0.1, -0.05) is 0 Å². The number of ether oxygens (including phenoxy) is 3. The number of carbonyl (C=O) groups is 1. The summed E-state index contributed by atoms with van der Waals surface area (Å²) in [6.45, 7) is 1.94. The van der Waals surface area contributed by atoms with Gasteiger partial charge in [0.2, 0.25) is 0 Å². The molecule has 104 valence electrons. The SMILES string of the molecule is CCOC(=O)C=Cc1c(OC)cc(CO)cc1OC. The average Bonchev–Trinajstić information content (AvgIpc) is 2.44. The lowest BCUT2D eigenvalue weighted by atomic mass is 10.1. The van der Waals surface area contributed by atoms with Gasteiger partial charge in [0.1, 0.15) is 11.5 Å². The van der Waals surface area contributed by atoms with Crippen LogP contribution < -0.4 is 9.47 Å². The van der Waals surface area contributed by atoms with Crippen molar-refractivity contribution < 1.29 is 24.1 Å². The number of methoxy groups -OCH3 is 2. The second-order valence-electron chi connectivity index (χ2n) is 3.66. The van der Waals surface area contributed by atoms with E-state index >= 15 is 0 Å². The van der Waals surface area contributed by atoms with Crippen LogP contribution in [0, 0.1) is 0 Å². The molecule has 0 saturated heterocycles. The minimum atomic E-state index is -0.433. The number of hydrogen-bond acceptors (Lipinski definition) is 5. The number of esters is 1. The van der Waals surface area contributed by atoms with Crippen LogP contribution in [0.1, 0.15) is 18.1 Å². The molecule has 0 fully saturated rings. The Morgan fingerprint density at radius 2 is 1.84 bits per heavy atom. The highest BCUT2D eigenvalue weighted by molar-refractivity contribution is 5.88. The highest BCUT2D eigenvalue weighted by Gasteiger charge is 2.10. The second-order valence-corrected chi connectivity index (χ2v) is 3.66. The highest BCUT2D eigenvalue weighted by atomic mass is 16.5. The van der Waals surface area contributed by atoms with Crippen molar-refractivity contribution in [1.82, 2.24) is 0 Å². The van der Waals surface area contributed by atoms with Crippen LogP contribution >= 0.6 is 0 Å². The third kappa shape index (κ3) is 3.99. The maximum Gasteiger partial charge on any atom is 0.330 e. The summed E-state index contributed by atoms with van der Waals surface area (Å²) < 4.78 is 15.3. The van der Waals surface area contributed by atoms with Gasteiger partial charge in [-0.05, 0) is 30.7 Å². The van der Waals surface area contributed by atoms with Gasteiger partial charge in [0, 0.05) is 6.08 Å². The van der Waals surface area contributed by atoms with Gasteiger partial charge in [-0.25, -0.2) is 4.79 Å². The monoisotopic (exact) mass is 266 g/mol. The highest BCUT2D eigenvalue weighted by Crippen LogP contribution is 2.31. The molecule has 0 saturated carbocycles. The molecule has 0 aliphatic rings. The van der Waals surface area contributed by atoms with Crippen LogP contribution in [0.2, 0.25) is 0 Å². The Bertz CT molecular complexity index is 440. The van der Waals surface area contributed by atoms with E-state index in [9.17, 15) is 4.79 Å². The molecule has 5 nitrogen and oxygen atoms in total. The Hall–Kier alpha value is -2.01. The Balaban J connectivity index is 3.13. The molecular weight excluding hydrogens is 248 g/mol. The normalized spacial score (nSPS) is 10.5. The maximum absolute atomic E-state index is 11.3. The van der Waals surface area contributed by atoms with Crippen LogP contribution in [-0.2, 0) is 16.1 Å². The number of benzene rings is 1. The lowest BCUT2D eigenvalue weighted by Crippen LogP contribution is -2.00. The molecule has 0 unspecified atom stereocenters. The zero-order valence-corrected chi connectivity index (χ0v) is 11.3. The van der Waals surface area contributed by atoms with Crippen molar-refractivity contribution in [3.63, 3.8) is 0 Å². The first kappa shape index (κ1) is 15.0. The van der Waals surface area contributed by atoms with Gasteiger partial charge in [-0.2, -0.15) is 0 Å². The van der Waals surface area contributed by atoms with E-state index in [0.717, 1.165) is 0 Å². The summed E-state index contributed by atoms with van der Waals surface area (Å²) in [7, 11) is 3.02. The molecule has 0 heterocycles. The molecule has 0 atom stereocenters. The van der Waals surface area contributed by atoms with E-state index in [-0.39, 0.29) is 6.61 Å². The predicted molar refractivity (Wildman–Crippen MR) is 71.1 cm³/mol. The van der Waals surface area contributed by atoms with Crippen molar-refractivity contribution in [2.24, 2.45) is 0 Å². The fraction of sp³-hybridized carbons (Fsp3) is 0.357. The molecule has 1 N–H and O–H groups in total. The number of rotatable bonds is 6. The average molecular weight is 266 g/mol. The van der Waals surface area contributed by atoms with Gasteiger partial charge < -0.3 is 19.3 Å². The van der Waals surface area contributed by atoms with Crippen molar-refractivity contribution in [2.45, 2.75) is 13.5 Å². The van der Waals surface area contributed by atoms with Gasteiger partial charge in [0.25, 0.3) is 0 Å². The fourth-order valence-corrected chi connectivity index (χ4v) is 1.59. The van der Waals surface area contributed by atoms with Crippen LogP contribution in [0.15, 0.2) is 18.2 Å². The predicted octanol–water partition coefficient (Wildman–Crippen LogP) is 1.77. The molecule has 5 heteroatoms. The van der Waals surface area contributed by atoms with Gasteiger partial charge in [-0.3, -0.25) is 0 Å². The Kier molecular flexibility index (Phi) is 5.89. The fourth-order valence-electron chi connectivity index (χ4n) is 1.59. The summed E-state index contributed by atoms with van der Waals surface area (Å²) in [6, 6.07) is 3.38. The van der Waals surface area contributed by atoms with Crippen LogP contribution in [0.3, 0.4) is 0 Å². The summed E-state index contributed by atoms with van der Waals surface area (Å²) in [4.78, 5) is 11.3. The summed E-state index contributed by atoms with van der Waals surface area (Å²) in [5.74, 6) is 0.603. The van der Waals surface area contributed by atoms with E-state index in [0.29, 0.717) is 29.2 Å². The van der Waals surface area contributed by atoms with Crippen molar-refractivity contribution in [3.05, 3.63) is 29.3 Å². The maximum atomic E-state index is 11.3. The molecule has 19 heavy (non-hydrogen) atoms. The van der Waals surface area contributed by atoms with E-state index in [1.165, 1.54) is 20.3 Å². The minimum Gasteiger partial charge on any atom is -0.496 e. The van der Waals surface area contributed by atoms with Crippen LogP contribution in [-0.4, -0.2) is 31.9 Å². The summed E-state index contributed by atoms with van der Waals surface area (Å²) >= 11 is 0. The molecule has 0 aliphatic carbocycles. The Morgan fingerprint density at radius 3 is 2.26 bits per heavy atom. The Morgan fingerprint density at radius 1 is 1.26 bits per heavy atom. The second kappa shape index (κ2) is 7.43.